The molecule has 0 bridgehead atoms. The second-order valence-corrected chi connectivity index (χ2v) is 10.8. The molecule has 3 aliphatic heterocycles. The Hall–Kier alpha value is -5.99. The van der Waals surface area contributed by atoms with Crippen LogP contribution in [-0.4, -0.2) is 46.5 Å². The Morgan fingerprint density at radius 3 is 1.17 bits per heavy atom. The lowest BCUT2D eigenvalue weighted by Crippen LogP contribution is -2.13. The Morgan fingerprint density at radius 2 is 0.915 bits per heavy atom. The van der Waals surface area contributed by atoms with Crippen molar-refractivity contribution in [3.8, 4) is 0 Å². The maximum atomic E-state index is 10.5. The standard InChI is InChI=1S/C12H10N2O3.2C12H12N2O/c1-13-9-4-2-8(3-5-9)11-6-10(17-14-11)7-12(15)16;2*1-3-11-8-12(14-15-11)9-4-6-10(13-2)7-5-9/h2-5,10H,6-7H2,(H,15,16);2*4-7,11H,3,8H2,1H3/t10-;11-;/m11./s1. The molecule has 0 spiro atoms. The minimum absolute atomic E-state index is 0.0485. The number of oxime groups is 3. The summed E-state index contributed by atoms with van der Waals surface area (Å²) in [6.07, 6.45) is 4.20. The number of aliphatic carboxylic acids is 1. The van der Waals surface area contributed by atoms with Crippen LogP contribution in [0.5, 0.6) is 0 Å². The summed E-state index contributed by atoms with van der Waals surface area (Å²) in [7, 11) is 0. The summed E-state index contributed by atoms with van der Waals surface area (Å²) in [5, 5.41) is 20.6. The third-order valence-corrected chi connectivity index (χ3v) is 7.50. The number of nitrogens with zero attached hydrogens (tertiary/aromatic N) is 6. The van der Waals surface area contributed by atoms with Gasteiger partial charge in [0.15, 0.2) is 17.1 Å². The van der Waals surface area contributed by atoms with Gasteiger partial charge in [-0.15, -0.1) is 0 Å². The van der Waals surface area contributed by atoms with Crippen molar-refractivity contribution in [3.63, 3.8) is 0 Å². The molecule has 3 aliphatic rings. The van der Waals surface area contributed by atoms with Crippen molar-refractivity contribution < 1.29 is 24.4 Å². The fourth-order valence-corrected chi connectivity index (χ4v) is 4.72. The zero-order chi connectivity index (χ0) is 33.6. The summed E-state index contributed by atoms with van der Waals surface area (Å²) >= 11 is 0. The quantitative estimate of drug-likeness (QED) is 0.263. The molecular formula is C36H34N6O5. The Balaban J connectivity index is 0.000000160. The van der Waals surface area contributed by atoms with Gasteiger partial charge in [-0.1, -0.05) is 102 Å². The number of hydrogen-bond donors (Lipinski definition) is 1. The van der Waals surface area contributed by atoms with Crippen molar-refractivity contribution in [1.29, 1.82) is 0 Å². The zero-order valence-electron chi connectivity index (χ0n) is 26.2. The van der Waals surface area contributed by atoms with E-state index in [1.807, 2.05) is 48.5 Å². The average Bonchev–Trinajstić information content (AvgIpc) is 3.90. The summed E-state index contributed by atoms with van der Waals surface area (Å²) in [6.45, 7) is 24.7. The second kappa shape index (κ2) is 16.9. The van der Waals surface area contributed by atoms with Crippen LogP contribution >= 0.6 is 0 Å². The first-order valence-electron chi connectivity index (χ1n) is 15.2. The highest BCUT2D eigenvalue weighted by Crippen LogP contribution is 2.23. The first-order valence-corrected chi connectivity index (χ1v) is 15.2. The highest BCUT2D eigenvalue weighted by molar-refractivity contribution is 6.02. The van der Waals surface area contributed by atoms with Gasteiger partial charge < -0.3 is 19.6 Å². The van der Waals surface area contributed by atoms with Gasteiger partial charge in [0.05, 0.1) is 43.3 Å². The molecule has 3 atom stereocenters. The normalized spacial score (nSPS) is 18.8. The lowest BCUT2D eigenvalue weighted by molar-refractivity contribution is -0.139. The lowest BCUT2D eigenvalue weighted by atomic mass is 10.0. The molecule has 0 saturated carbocycles. The molecule has 3 heterocycles. The minimum atomic E-state index is -0.894. The van der Waals surface area contributed by atoms with Crippen LogP contribution < -0.4 is 0 Å². The molecule has 1 unspecified atom stereocenters. The number of carboxylic acid groups (broad SMARTS) is 1. The van der Waals surface area contributed by atoms with Gasteiger partial charge in [0.1, 0.15) is 18.3 Å². The summed E-state index contributed by atoms with van der Waals surface area (Å²) in [5.74, 6) is -0.894. The van der Waals surface area contributed by atoms with Gasteiger partial charge in [0.2, 0.25) is 0 Å². The Bertz CT molecular complexity index is 1660. The number of rotatable bonds is 7. The maximum absolute atomic E-state index is 10.5. The molecule has 0 aromatic heterocycles. The van der Waals surface area contributed by atoms with E-state index >= 15 is 0 Å². The monoisotopic (exact) mass is 630 g/mol. The van der Waals surface area contributed by atoms with E-state index in [1.165, 1.54) is 0 Å². The molecule has 0 fully saturated rings. The summed E-state index contributed by atoms with van der Waals surface area (Å²) < 4.78 is 0. The third-order valence-electron chi connectivity index (χ3n) is 7.50. The van der Waals surface area contributed by atoms with Gasteiger partial charge in [-0.2, -0.15) is 0 Å². The molecule has 1 N–H and O–H groups in total. The molecular weight excluding hydrogens is 596 g/mol. The Morgan fingerprint density at radius 1 is 0.617 bits per heavy atom. The van der Waals surface area contributed by atoms with Crippen molar-refractivity contribution >= 4 is 40.2 Å². The first kappa shape index (κ1) is 33.9. The van der Waals surface area contributed by atoms with E-state index in [0.29, 0.717) is 23.5 Å². The molecule has 0 amide bonds. The van der Waals surface area contributed by atoms with Crippen LogP contribution in [-0.2, 0) is 19.3 Å². The molecule has 0 saturated heterocycles. The van der Waals surface area contributed by atoms with E-state index in [-0.39, 0.29) is 24.7 Å². The van der Waals surface area contributed by atoms with E-state index in [1.54, 1.807) is 24.3 Å². The Labute approximate surface area is 274 Å². The van der Waals surface area contributed by atoms with E-state index in [2.05, 4.69) is 43.8 Å². The SMILES string of the molecule is [C-]#[N+]c1ccc(C2=NOC(CC)C2)cc1.[C-]#[N+]c1ccc(C2=NO[C@@H](CC(=O)O)C2)cc1.[C-]#[N+]c1ccc(C2=NO[C@H](CC)C2)cc1. The lowest BCUT2D eigenvalue weighted by Gasteiger charge is -2.03. The fourth-order valence-electron chi connectivity index (χ4n) is 4.72. The highest BCUT2D eigenvalue weighted by Gasteiger charge is 2.24. The van der Waals surface area contributed by atoms with Gasteiger partial charge in [-0.25, -0.2) is 14.5 Å². The molecule has 6 rings (SSSR count). The molecule has 11 nitrogen and oxygen atoms in total. The molecule has 11 heteroatoms. The maximum Gasteiger partial charge on any atom is 0.307 e. The molecule has 0 radical (unpaired) electrons. The van der Waals surface area contributed by atoms with Crippen molar-refractivity contribution in [2.45, 2.75) is 70.7 Å². The number of hydrogen-bond acceptors (Lipinski definition) is 7. The highest BCUT2D eigenvalue weighted by atomic mass is 16.6. The minimum Gasteiger partial charge on any atom is -0.481 e. The van der Waals surface area contributed by atoms with Crippen LogP contribution in [0.15, 0.2) is 88.3 Å². The fraction of sp³-hybridized carbons (Fsp3) is 0.306. The topological polar surface area (TPSA) is 115 Å². The average molecular weight is 631 g/mol. The zero-order valence-corrected chi connectivity index (χ0v) is 26.2. The Kier molecular flexibility index (Phi) is 12.2. The summed E-state index contributed by atoms with van der Waals surface area (Å²) in [4.78, 5) is 36.0. The van der Waals surface area contributed by atoms with Crippen molar-refractivity contribution in [2.75, 3.05) is 0 Å². The predicted octanol–water partition coefficient (Wildman–Crippen LogP) is 8.49. The van der Waals surface area contributed by atoms with Crippen LogP contribution in [0.25, 0.3) is 14.5 Å². The second-order valence-electron chi connectivity index (χ2n) is 10.8. The van der Waals surface area contributed by atoms with Crippen LogP contribution in [0.1, 0.15) is 69.1 Å². The molecule has 0 aliphatic carbocycles. The van der Waals surface area contributed by atoms with Crippen LogP contribution in [0.4, 0.5) is 17.1 Å². The number of benzene rings is 3. The molecule has 3 aromatic carbocycles. The van der Waals surface area contributed by atoms with Gasteiger partial charge in [0.25, 0.3) is 0 Å². The van der Waals surface area contributed by atoms with Gasteiger partial charge >= 0.3 is 5.97 Å². The summed E-state index contributed by atoms with van der Waals surface area (Å²) in [6, 6.07) is 21.9. The van der Waals surface area contributed by atoms with Gasteiger partial charge in [-0.3, -0.25) is 4.79 Å². The molecule has 238 valence electrons. The van der Waals surface area contributed by atoms with Gasteiger partial charge in [-0.05, 0) is 29.5 Å². The molecule has 47 heavy (non-hydrogen) atoms. The summed E-state index contributed by atoms with van der Waals surface area (Å²) in [5.41, 5.74) is 7.55. The van der Waals surface area contributed by atoms with Crippen LogP contribution in [0.2, 0.25) is 0 Å². The molecule has 3 aromatic rings. The van der Waals surface area contributed by atoms with E-state index < -0.39 is 5.97 Å². The predicted molar refractivity (Wildman–Crippen MR) is 179 cm³/mol. The van der Waals surface area contributed by atoms with E-state index in [4.69, 9.17) is 39.3 Å². The van der Waals surface area contributed by atoms with Crippen LogP contribution in [0, 0.1) is 19.7 Å². The third kappa shape index (κ3) is 9.75. The largest absolute Gasteiger partial charge is 0.481 e. The van der Waals surface area contributed by atoms with Crippen LogP contribution in [0.3, 0.4) is 0 Å². The van der Waals surface area contributed by atoms with Crippen molar-refractivity contribution in [1.82, 2.24) is 0 Å². The van der Waals surface area contributed by atoms with Crippen molar-refractivity contribution in [3.05, 3.63) is 124 Å². The van der Waals surface area contributed by atoms with E-state index in [9.17, 15) is 4.79 Å². The first-order chi connectivity index (χ1) is 22.8. The smallest absolute Gasteiger partial charge is 0.307 e. The van der Waals surface area contributed by atoms with Gasteiger partial charge in [0, 0.05) is 19.3 Å². The number of carbonyl (C=O) groups is 1. The van der Waals surface area contributed by atoms with E-state index in [0.717, 1.165) is 59.5 Å². The van der Waals surface area contributed by atoms with Crippen molar-refractivity contribution in [2.24, 2.45) is 15.5 Å². The number of carboxylic acids is 1.